The van der Waals surface area contributed by atoms with E-state index in [1.807, 2.05) is 0 Å². The van der Waals surface area contributed by atoms with E-state index in [0.29, 0.717) is 0 Å². The number of likely N-dealkylation sites (tertiary alicyclic amines) is 1. The Kier molecular flexibility index (Phi) is 4.26. The van der Waals surface area contributed by atoms with E-state index >= 15 is 0 Å². The van der Waals surface area contributed by atoms with Crippen molar-refractivity contribution in [3.8, 4) is 0 Å². The molecule has 0 radical (unpaired) electrons. The minimum Gasteiger partial charge on any atom is -0.314 e. The Morgan fingerprint density at radius 1 is 1.12 bits per heavy atom. The van der Waals surface area contributed by atoms with E-state index in [1.54, 1.807) is 0 Å². The molecule has 0 bridgehead atoms. The van der Waals surface area contributed by atoms with Crippen LogP contribution in [0.3, 0.4) is 0 Å². The molecule has 1 N–H and O–H groups in total. The maximum absolute atomic E-state index is 3.55. The molecule has 94 valence electrons. The SMILES string of the molecule is CC1CC(CN2CCC(C)C(C)C2)CCN1. The van der Waals surface area contributed by atoms with Gasteiger partial charge in [-0.05, 0) is 57.0 Å². The van der Waals surface area contributed by atoms with Gasteiger partial charge in [0.05, 0.1) is 0 Å². The summed E-state index contributed by atoms with van der Waals surface area (Å²) in [6, 6.07) is 0.736. The Morgan fingerprint density at radius 2 is 1.94 bits per heavy atom. The Hall–Kier alpha value is -0.0800. The topological polar surface area (TPSA) is 15.3 Å². The summed E-state index contributed by atoms with van der Waals surface area (Å²) < 4.78 is 0. The van der Waals surface area contributed by atoms with Crippen LogP contribution < -0.4 is 5.32 Å². The molecule has 2 saturated heterocycles. The summed E-state index contributed by atoms with van der Waals surface area (Å²) in [7, 11) is 0. The molecule has 2 heterocycles. The highest BCUT2D eigenvalue weighted by molar-refractivity contribution is 4.81. The second kappa shape index (κ2) is 5.50. The Labute approximate surface area is 101 Å². The summed E-state index contributed by atoms with van der Waals surface area (Å²) in [5, 5.41) is 3.55. The van der Waals surface area contributed by atoms with Crippen LogP contribution in [0.25, 0.3) is 0 Å². The van der Waals surface area contributed by atoms with Crippen LogP contribution in [0.2, 0.25) is 0 Å². The molecule has 2 aliphatic rings. The lowest BCUT2D eigenvalue weighted by molar-refractivity contribution is 0.108. The van der Waals surface area contributed by atoms with Gasteiger partial charge >= 0.3 is 0 Å². The number of rotatable bonds is 2. The number of piperidine rings is 2. The molecule has 2 heteroatoms. The van der Waals surface area contributed by atoms with Gasteiger partial charge in [-0.25, -0.2) is 0 Å². The van der Waals surface area contributed by atoms with Crippen LogP contribution in [0.5, 0.6) is 0 Å². The van der Waals surface area contributed by atoms with Crippen LogP contribution in [0.1, 0.15) is 40.0 Å². The zero-order chi connectivity index (χ0) is 11.5. The fourth-order valence-electron chi connectivity index (χ4n) is 3.28. The summed E-state index contributed by atoms with van der Waals surface area (Å²) in [4.78, 5) is 2.72. The number of hydrogen-bond donors (Lipinski definition) is 1. The van der Waals surface area contributed by atoms with Crippen molar-refractivity contribution in [1.82, 2.24) is 10.2 Å². The van der Waals surface area contributed by atoms with Gasteiger partial charge in [0.1, 0.15) is 0 Å². The van der Waals surface area contributed by atoms with E-state index in [2.05, 4.69) is 31.0 Å². The first kappa shape index (κ1) is 12.4. The third kappa shape index (κ3) is 3.21. The average molecular weight is 224 g/mol. The minimum atomic E-state index is 0.736. The van der Waals surface area contributed by atoms with E-state index in [4.69, 9.17) is 0 Å². The molecule has 4 unspecified atom stereocenters. The van der Waals surface area contributed by atoms with Gasteiger partial charge in [-0.1, -0.05) is 13.8 Å². The lowest BCUT2D eigenvalue weighted by atomic mass is 9.87. The van der Waals surface area contributed by atoms with Crippen LogP contribution in [0.4, 0.5) is 0 Å². The molecular weight excluding hydrogens is 196 g/mol. The summed E-state index contributed by atoms with van der Waals surface area (Å²) in [5.41, 5.74) is 0. The number of nitrogens with zero attached hydrogens (tertiary/aromatic N) is 1. The third-order valence-corrected chi connectivity index (χ3v) is 4.67. The zero-order valence-electron chi connectivity index (χ0n) is 11.2. The lowest BCUT2D eigenvalue weighted by Crippen LogP contribution is -2.44. The Morgan fingerprint density at radius 3 is 2.62 bits per heavy atom. The van der Waals surface area contributed by atoms with Crippen molar-refractivity contribution < 1.29 is 0 Å². The van der Waals surface area contributed by atoms with E-state index in [1.165, 1.54) is 45.4 Å². The highest BCUT2D eigenvalue weighted by atomic mass is 15.1. The predicted molar refractivity (Wildman–Crippen MR) is 69.6 cm³/mol. The first-order valence-electron chi connectivity index (χ1n) is 7.11. The van der Waals surface area contributed by atoms with Crippen LogP contribution in [-0.2, 0) is 0 Å². The van der Waals surface area contributed by atoms with Gasteiger partial charge in [0.25, 0.3) is 0 Å². The average Bonchev–Trinajstić information content (AvgIpc) is 2.24. The summed E-state index contributed by atoms with van der Waals surface area (Å²) in [5.74, 6) is 2.77. The molecule has 0 aromatic rings. The van der Waals surface area contributed by atoms with Gasteiger partial charge < -0.3 is 10.2 Å². The molecule has 0 saturated carbocycles. The van der Waals surface area contributed by atoms with Crippen LogP contribution in [-0.4, -0.2) is 37.1 Å². The van der Waals surface area contributed by atoms with E-state index < -0.39 is 0 Å². The zero-order valence-corrected chi connectivity index (χ0v) is 11.2. The highest BCUT2D eigenvalue weighted by Gasteiger charge is 2.26. The summed E-state index contributed by atoms with van der Waals surface area (Å²) >= 11 is 0. The van der Waals surface area contributed by atoms with E-state index in [9.17, 15) is 0 Å². The first-order chi connectivity index (χ1) is 7.65. The molecule has 2 rings (SSSR count). The molecule has 0 amide bonds. The lowest BCUT2D eigenvalue weighted by Gasteiger charge is -2.39. The van der Waals surface area contributed by atoms with Gasteiger partial charge in [-0.15, -0.1) is 0 Å². The molecule has 0 aromatic carbocycles. The monoisotopic (exact) mass is 224 g/mol. The van der Waals surface area contributed by atoms with Crippen molar-refractivity contribution in [1.29, 1.82) is 0 Å². The first-order valence-corrected chi connectivity index (χ1v) is 7.11. The molecule has 0 aliphatic carbocycles. The second-order valence-electron chi connectivity index (χ2n) is 6.25. The predicted octanol–water partition coefficient (Wildman–Crippen LogP) is 2.35. The fraction of sp³-hybridized carbons (Fsp3) is 1.00. The second-order valence-corrected chi connectivity index (χ2v) is 6.25. The quantitative estimate of drug-likeness (QED) is 0.774. The fourth-order valence-corrected chi connectivity index (χ4v) is 3.28. The Bertz CT molecular complexity index is 217. The van der Waals surface area contributed by atoms with Crippen molar-refractivity contribution in [3.63, 3.8) is 0 Å². The summed E-state index contributed by atoms with van der Waals surface area (Å²) in [6.45, 7) is 12.4. The molecule has 2 fully saturated rings. The van der Waals surface area contributed by atoms with Crippen molar-refractivity contribution >= 4 is 0 Å². The van der Waals surface area contributed by atoms with Crippen molar-refractivity contribution in [3.05, 3.63) is 0 Å². The van der Waals surface area contributed by atoms with Crippen molar-refractivity contribution in [2.75, 3.05) is 26.2 Å². The number of hydrogen-bond acceptors (Lipinski definition) is 2. The maximum atomic E-state index is 3.55. The molecule has 0 aromatic heterocycles. The molecule has 4 atom stereocenters. The van der Waals surface area contributed by atoms with Crippen molar-refractivity contribution in [2.45, 2.75) is 46.1 Å². The van der Waals surface area contributed by atoms with E-state index in [-0.39, 0.29) is 0 Å². The standard InChI is InChI=1S/C14H28N2/c1-11-5-7-16(9-12(11)2)10-14-4-6-15-13(3)8-14/h11-15H,4-10H2,1-3H3. The van der Waals surface area contributed by atoms with Gasteiger partial charge in [-0.2, -0.15) is 0 Å². The molecule has 2 aliphatic heterocycles. The van der Waals surface area contributed by atoms with Gasteiger partial charge in [0.15, 0.2) is 0 Å². The largest absolute Gasteiger partial charge is 0.314 e. The van der Waals surface area contributed by atoms with Crippen molar-refractivity contribution in [2.24, 2.45) is 17.8 Å². The van der Waals surface area contributed by atoms with E-state index in [0.717, 1.165) is 23.8 Å². The molecule has 2 nitrogen and oxygen atoms in total. The van der Waals surface area contributed by atoms with Crippen LogP contribution >= 0.6 is 0 Å². The van der Waals surface area contributed by atoms with Crippen LogP contribution in [0.15, 0.2) is 0 Å². The van der Waals surface area contributed by atoms with Gasteiger partial charge in [-0.3, -0.25) is 0 Å². The normalized spacial score (nSPS) is 42.2. The molecular formula is C14H28N2. The maximum Gasteiger partial charge on any atom is 0.00418 e. The summed E-state index contributed by atoms with van der Waals surface area (Å²) in [6.07, 6.45) is 4.16. The van der Waals surface area contributed by atoms with Crippen LogP contribution in [0, 0.1) is 17.8 Å². The smallest absolute Gasteiger partial charge is 0.00418 e. The van der Waals surface area contributed by atoms with Gasteiger partial charge in [0, 0.05) is 19.1 Å². The molecule has 16 heavy (non-hydrogen) atoms. The highest BCUT2D eigenvalue weighted by Crippen LogP contribution is 2.25. The molecule has 0 spiro atoms. The Balaban J connectivity index is 1.76. The van der Waals surface area contributed by atoms with Gasteiger partial charge in [0.2, 0.25) is 0 Å². The third-order valence-electron chi connectivity index (χ3n) is 4.67. The number of nitrogens with one attached hydrogen (secondary N) is 1. The minimum absolute atomic E-state index is 0.736.